The summed E-state index contributed by atoms with van der Waals surface area (Å²) >= 11 is 0. The highest BCUT2D eigenvalue weighted by molar-refractivity contribution is 6.99. The van der Waals surface area contributed by atoms with E-state index in [4.69, 9.17) is 4.43 Å². The van der Waals surface area contributed by atoms with Crippen molar-refractivity contribution >= 4 is 24.4 Å². The lowest BCUT2D eigenvalue weighted by molar-refractivity contribution is 0.128. The molecular weight excluding hydrogens is 436 g/mol. The highest BCUT2D eigenvalue weighted by atomic mass is 28.4. The molecule has 0 aromatic heterocycles. The maximum atomic E-state index is 9.23. The van der Waals surface area contributed by atoms with Gasteiger partial charge < -0.3 is 9.63 Å². The highest BCUT2D eigenvalue weighted by Crippen LogP contribution is 2.38. The van der Waals surface area contributed by atoms with Crippen molar-refractivity contribution in [3.63, 3.8) is 0 Å². The Hall–Kier alpha value is -2.73. The van der Waals surface area contributed by atoms with Gasteiger partial charge in [0.25, 0.3) is 8.32 Å². The van der Waals surface area contributed by atoms with Crippen molar-refractivity contribution in [2.24, 2.45) is 5.16 Å². The van der Waals surface area contributed by atoms with Crippen LogP contribution >= 0.6 is 0 Å². The van der Waals surface area contributed by atoms with E-state index in [-0.39, 0.29) is 11.1 Å². The zero-order valence-electron chi connectivity index (χ0n) is 20.5. The second-order valence-electron chi connectivity index (χ2n) is 10.1. The quantitative estimate of drug-likeness (QED) is 0.291. The van der Waals surface area contributed by atoms with Crippen LogP contribution in [0.5, 0.6) is 0 Å². The van der Waals surface area contributed by atoms with E-state index in [2.05, 4.69) is 122 Å². The van der Waals surface area contributed by atoms with Crippen molar-refractivity contribution < 1.29 is 9.63 Å². The standard InChI is InChI=1S/C29H36N2O2Si/c1-29(2,3)34(26-15-9-5-10-16-26,27-17-11-6-12-18-27)33-23-28(24-13-7-4-8-14-24)31-21-19-25(30-32)20-22-31/h4-18,28,32H,19-23H2,1-3H3. The average molecular weight is 473 g/mol. The number of benzene rings is 3. The summed E-state index contributed by atoms with van der Waals surface area (Å²) in [6.45, 7) is 9.31. The van der Waals surface area contributed by atoms with Crippen LogP contribution in [-0.4, -0.2) is 43.8 Å². The largest absolute Gasteiger partial charge is 0.411 e. The summed E-state index contributed by atoms with van der Waals surface area (Å²) in [5.74, 6) is 0. The normalized spacial score (nSPS) is 16.3. The molecule has 1 heterocycles. The SMILES string of the molecule is CC(C)(C)[Si](OCC(c1ccccc1)N1CCC(=NO)CC1)(c1ccccc1)c1ccccc1. The minimum Gasteiger partial charge on any atom is -0.411 e. The second-order valence-corrected chi connectivity index (χ2v) is 14.4. The van der Waals surface area contributed by atoms with Crippen LogP contribution in [-0.2, 0) is 4.43 Å². The molecule has 0 radical (unpaired) electrons. The molecule has 1 N–H and O–H groups in total. The molecule has 1 fully saturated rings. The van der Waals surface area contributed by atoms with Gasteiger partial charge in [0, 0.05) is 25.9 Å². The number of hydrogen-bond donors (Lipinski definition) is 1. The molecule has 1 aliphatic rings. The number of hydrogen-bond acceptors (Lipinski definition) is 4. The van der Waals surface area contributed by atoms with Gasteiger partial charge in [-0.15, -0.1) is 0 Å². The molecule has 3 aromatic carbocycles. The summed E-state index contributed by atoms with van der Waals surface area (Å²) in [6.07, 6.45) is 1.58. The Morgan fingerprint density at radius 2 is 1.29 bits per heavy atom. The molecule has 4 nitrogen and oxygen atoms in total. The Morgan fingerprint density at radius 3 is 1.74 bits per heavy atom. The first-order valence-corrected chi connectivity index (χ1v) is 14.1. The molecular formula is C29H36N2O2Si. The molecule has 1 unspecified atom stereocenters. The molecule has 1 aliphatic heterocycles. The fourth-order valence-electron chi connectivity index (χ4n) is 5.25. The van der Waals surface area contributed by atoms with Crippen LogP contribution in [0, 0.1) is 0 Å². The lowest BCUT2D eigenvalue weighted by Crippen LogP contribution is -2.67. The van der Waals surface area contributed by atoms with Gasteiger partial charge in [-0.25, -0.2) is 0 Å². The smallest absolute Gasteiger partial charge is 0.261 e. The van der Waals surface area contributed by atoms with E-state index in [1.54, 1.807) is 0 Å². The van der Waals surface area contributed by atoms with Crippen LogP contribution in [0.2, 0.25) is 5.04 Å². The summed E-state index contributed by atoms with van der Waals surface area (Å²) in [5, 5.41) is 15.3. The molecule has 0 aliphatic carbocycles. The van der Waals surface area contributed by atoms with Crippen LogP contribution in [0.25, 0.3) is 0 Å². The van der Waals surface area contributed by atoms with Gasteiger partial charge in [-0.1, -0.05) is 117 Å². The van der Waals surface area contributed by atoms with Crippen LogP contribution in [0.1, 0.15) is 45.2 Å². The molecule has 0 spiro atoms. The van der Waals surface area contributed by atoms with Crippen LogP contribution in [0.15, 0.2) is 96.2 Å². The zero-order chi connectivity index (χ0) is 24.0. The fourth-order valence-corrected chi connectivity index (χ4v) is 9.81. The van der Waals surface area contributed by atoms with Gasteiger partial charge in [0.05, 0.1) is 18.4 Å². The Bertz CT molecular complexity index is 1020. The summed E-state index contributed by atoms with van der Waals surface area (Å²) in [6, 6.07) is 32.5. The first-order valence-electron chi connectivity index (χ1n) is 12.2. The number of rotatable bonds is 7. The number of nitrogens with zero attached hydrogens (tertiary/aromatic N) is 2. The minimum absolute atomic E-state index is 0.0600. The van der Waals surface area contributed by atoms with E-state index in [1.165, 1.54) is 15.9 Å². The molecule has 178 valence electrons. The van der Waals surface area contributed by atoms with E-state index in [0.717, 1.165) is 31.6 Å². The highest BCUT2D eigenvalue weighted by Gasteiger charge is 2.50. The van der Waals surface area contributed by atoms with Gasteiger partial charge in [-0.3, -0.25) is 4.90 Å². The van der Waals surface area contributed by atoms with E-state index in [1.807, 2.05) is 0 Å². The molecule has 5 heteroatoms. The Kier molecular flexibility index (Phi) is 7.66. The molecule has 0 saturated carbocycles. The summed E-state index contributed by atoms with van der Waals surface area (Å²) in [5.41, 5.74) is 2.15. The third-order valence-electron chi connectivity index (χ3n) is 7.02. The Balaban J connectivity index is 1.74. The molecule has 1 saturated heterocycles. The summed E-state index contributed by atoms with van der Waals surface area (Å²) in [4.78, 5) is 2.49. The maximum Gasteiger partial charge on any atom is 0.261 e. The molecule has 1 atom stereocenters. The Morgan fingerprint density at radius 1 is 0.824 bits per heavy atom. The number of likely N-dealkylation sites (tertiary alicyclic amines) is 1. The van der Waals surface area contributed by atoms with Gasteiger partial charge in [0.15, 0.2) is 0 Å². The van der Waals surface area contributed by atoms with E-state index < -0.39 is 8.32 Å². The van der Waals surface area contributed by atoms with Gasteiger partial charge in [-0.05, 0) is 21.0 Å². The predicted molar refractivity (Wildman–Crippen MR) is 143 cm³/mol. The summed E-state index contributed by atoms with van der Waals surface area (Å²) < 4.78 is 7.31. The minimum atomic E-state index is -2.62. The van der Waals surface area contributed by atoms with Gasteiger partial charge >= 0.3 is 0 Å². The maximum absolute atomic E-state index is 9.23. The van der Waals surface area contributed by atoms with Gasteiger partial charge in [0.1, 0.15) is 0 Å². The van der Waals surface area contributed by atoms with Crippen LogP contribution < -0.4 is 10.4 Å². The van der Waals surface area contributed by atoms with E-state index >= 15 is 0 Å². The van der Waals surface area contributed by atoms with Crippen LogP contribution in [0.4, 0.5) is 0 Å². The number of oxime groups is 1. The van der Waals surface area contributed by atoms with E-state index in [9.17, 15) is 5.21 Å². The van der Waals surface area contributed by atoms with Gasteiger partial charge in [-0.2, -0.15) is 0 Å². The Labute approximate surface area is 205 Å². The zero-order valence-corrected chi connectivity index (χ0v) is 21.5. The third kappa shape index (κ3) is 5.02. The van der Waals surface area contributed by atoms with Crippen molar-refractivity contribution in [3.05, 3.63) is 96.6 Å². The number of piperidine rings is 1. The monoisotopic (exact) mass is 472 g/mol. The van der Waals surface area contributed by atoms with Crippen LogP contribution in [0.3, 0.4) is 0 Å². The van der Waals surface area contributed by atoms with Crippen molar-refractivity contribution in [2.45, 2.75) is 44.7 Å². The second kappa shape index (κ2) is 10.7. The van der Waals surface area contributed by atoms with Crippen molar-refractivity contribution in [1.29, 1.82) is 0 Å². The van der Waals surface area contributed by atoms with Crippen molar-refractivity contribution in [3.8, 4) is 0 Å². The average Bonchev–Trinajstić information content (AvgIpc) is 2.88. The van der Waals surface area contributed by atoms with Crippen molar-refractivity contribution in [2.75, 3.05) is 19.7 Å². The molecule has 4 rings (SSSR count). The summed E-state index contributed by atoms with van der Waals surface area (Å²) in [7, 11) is -2.62. The molecule has 3 aromatic rings. The predicted octanol–water partition coefficient (Wildman–Crippen LogP) is 5.23. The topological polar surface area (TPSA) is 45.1 Å². The lowest BCUT2D eigenvalue weighted by Gasteiger charge is -2.45. The first kappa shape index (κ1) is 24.4. The van der Waals surface area contributed by atoms with Gasteiger partial charge in [0.2, 0.25) is 0 Å². The molecule has 34 heavy (non-hydrogen) atoms. The first-order chi connectivity index (χ1) is 16.5. The van der Waals surface area contributed by atoms with E-state index in [0.29, 0.717) is 6.61 Å². The lowest BCUT2D eigenvalue weighted by atomic mass is 10.0. The fraction of sp³-hybridized carbons (Fsp3) is 0.345. The molecule has 0 bridgehead atoms. The third-order valence-corrected chi connectivity index (χ3v) is 12.0. The molecule has 0 amide bonds. The van der Waals surface area contributed by atoms with Crippen molar-refractivity contribution in [1.82, 2.24) is 4.90 Å².